The van der Waals surface area contributed by atoms with Crippen molar-refractivity contribution in [3.05, 3.63) is 156 Å². The van der Waals surface area contributed by atoms with E-state index in [1.54, 1.807) is 6.20 Å². The van der Waals surface area contributed by atoms with Crippen LogP contribution in [-0.4, -0.2) is 19.6 Å². The number of pyridine rings is 1. The number of aliphatic hydroxyl groups excluding tert-OH is 1. The van der Waals surface area contributed by atoms with Gasteiger partial charge in [0, 0.05) is 12.4 Å². The molecule has 0 saturated carbocycles. The zero-order chi connectivity index (χ0) is 23.9. The van der Waals surface area contributed by atoms with Gasteiger partial charge in [-0.3, -0.25) is 4.98 Å². The molecule has 174 valence electrons. The Bertz CT molecular complexity index is 1220. The molecule has 0 amide bonds. The Morgan fingerprint density at radius 2 is 1.23 bits per heavy atom. The Morgan fingerprint density at radius 3 is 1.74 bits per heavy atom. The van der Waals surface area contributed by atoms with Gasteiger partial charge >= 0.3 is 0 Å². The fraction of sp³-hybridized carbons (Fsp3) is 0.161. The van der Waals surface area contributed by atoms with Crippen molar-refractivity contribution in [1.82, 2.24) is 14.5 Å². The highest BCUT2D eigenvalue weighted by molar-refractivity contribution is 5.50. The molecule has 0 saturated heterocycles. The minimum absolute atomic E-state index is 0.553. The molecule has 0 radical (unpaired) electrons. The zero-order valence-corrected chi connectivity index (χ0v) is 19.6. The van der Waals surface area contributed by atoms with Crippen molar-refractivity contribution in [1.29, 1.82) is 0 Å². The number of aromatic nitrogens is 3. The summed E-state index contributed by atoms with van der Waals surface area (Å²) in [6.45, 7) is 0. The van der Waals surface area contributed by atoms with Gasteiger partial charge in [-0.2, -0.15) is 0 Å². The third kappa shape index (κ3) is 4.66. The van der Waals surface area contributed by atoms with E-state index >= 15 is 0 Å². The van der Waals surface area contributed by atoms with Gasteiger partial charge in [-0.1, -0.05) is 97.1 Å². The predicted molar refractivity (Wildman–Crippen MR) is 139 cm³/mol. The first-order chi connectivity index (χ1) is 17.3. The first kappa shape index (κ1) is 22.8. The zero-order valence-electron chi connectivity index (χ0n) is 19.6. The lowest BCUT2D eigenvalue weighted by atomic mass is 9.77. The standard InChI is InChI=1S/C31H29N3O/c35-30(29-20-10-11-22-32-29)21-12-19-28-23-34(24-33-28)31(25-13-4-1-5-14-25,26-15-6-2-7-16-26)27-17-8-3-9-18-27/h1-11,13-18,20,22-24,30,35H,12,19,21H2. The van der Waals surface area contributed by atoms with E-state index in [9.17, 15) is 5.11 Å². The molecule has 3 aromatic carbocycles. The fourth-order valence-corrected chi connectivity index (χ4v) is 4.86. The van der Waals surface area contributed by atoms with E-state index in [0.29, 0.717) is 12.1 Å². The summed E-state index contributed by atoms with van der Waals surface area (Å²) >= 11 is 0. The van der Waals surface area contributed by atoms with Crippen LogP contribution in [0.25, 0.3) is 0 Å². The van der Waals surface area contributed by atoms with Crippen molar-refractivity contribution >= 4 is 0 Å². The summed E-state index contributed by atoms with van der Waals surface area (Å²) in [5, 5.41) is 10.5. The molecule has 0 bridgehead atoms. The average molecular weight is 460 g/mol. The van der Waals surface area contributed by atoms with E-state index in [1.165, 1.54) is 16.7 Å². The fourth-order valence-electron chi connectivity index (χ4n) is 4.86. The lowest BCUT2D eigenvalue weighted by molar-refractivity contribution is 0.160. The molecule has 1 N–H and O–H groups in total. The summed E-state index contributed by atoms with van der Waals surface area (Å²) in [7, 11) is 0. The Kier molecular flexibility index (Phi) is 6.82. The van der Waals surface area contributed by atoms with Crippen molar-refractivity contribution in [2.24, 2.45) is 0 Å². The number of hydrogen-bond acceptors (Lipinski definition) is 3. The Morgan fingerprint density at radius 1 is 0.686 bits per heavy atom. The summed E-state index contributed by atoms with van der Waals surface area (Å²) in [6.07, 6.45) is 7.50. The van der Waals surface area contributed by atoms with Crippen LogP contribution in [0.4, 0.5) is 0 Å². The van der Waals surface area contributed by atoms with Crippen LogP contribution < -0.4 is 0 Å². The molecule has 4 nitrogen and oxygen atoms in total. The van der Waals surface area contributed by atoms with E-state index in [1.807, 2.05) is 24.5 Å². The molecule has 0 fully saturated rings. The maximum atomic E-state index is 10.5. The lowest BCUT2D eigenvalue weighted by Gasteiger charge is -2.37. The van der Waals surface area contributed by atoms with Gasteiger partial charge in [0.1, 0.15) is 5.54 Å². The molecule has 5 aromatic rings. The summed E-state index contributed by atoms with van der Waals surface area (Å²) < 4.78 is 2.23. The molecule has 0 aliphatic rings. The third-order valence-electron chi connectivity index (χ3n) is 6.54. The number of benzene rings is 3. The van der Waals surface area contributed by atoms with Crippen LogP contribution in [0.2, 0.25) is 0 Å². The third-order valence-corrected chi connectivity index (χ3v) is 6.54. The van der Waals surface area contributed by atoms with E-state index in [0.717, 1.165) is 18.5 Å². The normalized spacial score (nSPS) is 12.4. The van der Waals surface area contributed by atoms with Crippen molar-refractivity contribution < 1.29 is 5.11 Å². The molecule has 0 aliphatic heterocycles. The van der Waals surface area contributed by atoms with Crippen LogP contribution in [0.3, 0.4) is 0 Å². The number of rotatable bonds is 9. The number of aliphatic hydroxyl groups is 1. The minimum atomic E-state index is -0.560. The van der Waals surface area contributed by atoms with Crippen molar-refractivity contribution in [3.8, 4) is 0 Å². The second kappa shape index (κ2) is 10.5. The topological polar surface area (TPSA) is 50.9 Å². The van der Waals surface area contributed by atoms with Gasteiger partial charge < -0.3 is 9.67 Å². The van der Waals surface area contributed by atoms with Crippen LogP contribution in [0.5, 0.6) is 0 Å². The Hall–Kier alpha value is -4.02. The first-order valence-corrected chi connectivity index (χ1v) is 12.1. The highest BCUT2D eigenvalue weighted by Crippen LogP contribution is 2.40. The van der Waals surface area contributed by atoms with Gasteiger partial charge in [0.15, 0.2) is 0 Å². The van der Waals surface area contributed by atoms with Gasteiger partial charge in [-0.15, -0.1) is 0 Å². The van der Waals surface area contributed by atoms with Crippen molar-refractivity contribution in [2.75, 3.05) is 0 Å². The molecular weight excluding hydrogens is 430 g/mol. The molecule has 4 heteroatoms. The van der Waals surface area contributed by atoms with E-state index < -0.39 is 11.6 Å². The summed E-state index contributed by atoms with van der Waals surface area (Å²) in [5.41, 5.74) is 4.69. The Balaban J connectivity index is 1.50. The number of imidazole rings is 1. The largest absolute Gasteiger partial charge is 0.387 e. The van der Waals surface area contributed by atoms with Crippen molar-refractivity contribution in [3.63, 3.8) is 0 Å². The van der Waals surface area contributed by atoms with E-state index in [4.69, 9.17) is 4.98 Å². The molecule has 0 aliphatic carbocycles. The van der Waals surface area contributed by atoms with Crippen LogP contribution in [0, 0.1) is 0 Å². The SMILES string of the molecule is OC(CCCc1cn(C(c2ccccc2)(c2ccccc2)c2ccccc2)cn1)c1ccccn1. The van der Waals surface area contributed by atoms with Crippen LogP contribution in [0.15, 0.2) is 128 Å². The molecule has 1 atom stereocenters. The maximum Gasteiger partial charge on any atom is 0.121 e. The van der Waals surface area contributed by atoms with Gasteiger partial charge in [-0.25, -0.2) is 4.98 Å². The second-order valence-electron chi connectivity index (χ2n) is 8.74. The molecule has 5 rings (SSSR count). The molecular formula is C31H29N3O. The number of hydrogen-bond donors (Lipinski definition) is 1. The summed E-state index contributed by atoms with van der Waals surface area (Å²) in [4.78, 5) is 9.07. The average Bonchev–Trinajstić information content (AvgIpc) is 3.40. The number of aryl methyl sites for hydroxylation is 1. The quantitative estimate of drug-likeness (QED) is 0.268. The molecule has 2 aromatic heterocycles. The van der Waals surface area contributed by atoms with E-state index in [2.05, 4.69) is 107 Å². The van der Waals surface area contributed by atoms with Crippen LogP contribution in [-0.2, 0) is 12.0 Å². The van der Waals surface area contributed by atoms with Crippen molar-refractivity contribution in [2.45, 2.75) is 30.9 Å². The molecule has 1 unspecified atom stereocenters. The van der Waals surface area contributed by atoms with Gasteiger partial charge in [0.05, 0.1) is 23.8 Å². The maximum absolute atomic E-state index is 10.5. The highest BCUT2D eigenvalue weighted by atomic mass is 16.3. The minimum Gasteiger partial charge on any atom is -0.387 e. The molecule has 35 heavy (non-hydrogen) atoms. The monoisotopic (exact) mass is 459 g/mol. The number of nitrogens with zero attached hydrogens (tertiary/aromatic N) is 3. The van der Waals surface area contributed by atoms with Gasteiger partial charge in [-0.05, 0) is 48.1 Å². The lowest BCUT2D eigenvalue weighted by Crippen LogP contribution is -2.36. The summed E-state index contributed by atoms with van der Waals surface area (Å²) in [6, 6.07) is 37.4. The smallest absolute Gasteiger partial charge is 0.121 e. The highest BCUT2D eigenvalue weighted by Gasteiger charge is 2.38. The van der Waals surface area contributed by atoms with Crippen LogP contribution in [0.1, 0.15) is 47.0 Å². The Labute approximate surface area is 206 Å². The second-order valence-corrected chi connectivity index (χ2v) is 8.74. The van der Waals surface area contributed by atoms with E-state index in [-0.39, 0.29) is 0 Å². The predicted octanol–water partition coefficient (Wildman–Crippen LogP) is 6.17. The first-order valence-electron chi connectivity index (χ1n) is 12.1. The van der Waals surface area contributed by atoms with Gasteiger partial charge in [0.2, 0.25) is 0 Å². The van der Waals surface area contributed by atoms with Crippen LogP contribution >= 0.6 is 0 Å². The molecule has 0 spiro atoms. The molecule has 2 heterocycles. The summed E-state index contributed by atoms with van der Waals surface area (Å²) in [5.74, 6) is 0. The van der Waals surface area contributed by atoms with Gasteiger partial charge in [0.25, 0.3) is 0 Å².